The van der Waals surface area contributed by atoms with Crippen LogP contribution in [0.1, 0.15) is 11.1 Å². The fourth-order valence-corrected chi connectivity index (χ4v) is 5.94. The Bertz CT molecular complexity index is 1030. The summed E-state index contributed by atoms with van der Waals surface area (Å²) >= 11 is 0. The Morgan fingerprint density at radius 1 is 0.840 bits per heavy atom. The van der Waals surface area contributed by atoms with Gasteiger partial charge in [0.1, 0.15) is 5.75 Å². The van der Waals surface area contributed by atoms with Crippen molar-refractivity contribution in [3.05, 3.63) is 83.9 Å². The van der Waals surface area contributed by atoms with Crippen LogP contribution in [0.5, 0.6) is 5.75 Å². The van der Waals surface area contributed by atoms with E-state index in [2.05, 4.69) is 42.5 Å². The fraction of sp³-hybridized carbons (Fsp3) is 0.100. The molecule has 0 fully saturated rings. The summed E-state index contributed by atoms with van der Waals surface area (Å²) in [5.74, 6) is 0.372. The van der Waals surface area contributed by atoms with Crippen molar-refractivity contribution in [2.45, 2.75) is 21.1 Å². The lowest BCUT2D eigenvalue weighted by molar-refractivity contribution is 0.492. The Morgan fingerprint density at radius 2 is 1.52 bits per heavy atom. The normalized spacial score (nSPS) is 16.0. The van der Waals surface area contributed by atoms with Crippen LogP contribution in [0.15, 0.2) is 87.5 Å². The van der Waals surface area contributed by atoms with E-state index in [4.69, 9.17) is 4.18 Å². The zero-order chi connectivity index (χ0) is 17.4. The molecule has 25 heavy (non-hydrogen) atoms. The van der Waals surface area contributed by atoms with E-state index in [0.29, 0.717) is 5.75 Å². The molecule has 1 unspecified atom stereocenters. The Kier molecular flexibility index (Phi) is 4.06. The maximum Gasteiger partial charge on any atom is 0.306 e. The van der Waals surface area contributed by atoms with Crippen LogP contribution < -0.4 is 4.18 Å². The van der Waals surface area contributed by atoms with Gasteiger partial charge in [0.25, 0.3) is 0 Å². The quantitative estimate of drug-likeness (QED) is 0.405. The molecule has 0 radical (unpaired) electrons. The molecule has 0 aliphatic carbocycles. The molecule has 0 N–H and O–H groups in total. The minimum Gasteiger partial charge on any atom is -0.383 e. The molecule has 126 valence electrons. The second-order valence-electron chi connectivity index (χ2n) is 5.96. The van der Waals surface area contributed by atoms with Gasteiger partial charge in [-0.05, 0) is 36.4 Å². The third kappa shape index (κ3) is 3.30. The summed E-state index contributed by atoms with van der Waals surface area (Å²) in [6.07, 6.45) is 1.85. The molecular weight excluding hydrogens is 352 g/mol. The van der Waals surface area contributed by atoms with E-state index in [-0.39, 0.29) is 10.9 Å². The summed E-state index contributed by atoms with van der Waals surface area (Å²) in [6, 6.07) is 24.5. The molecule has 0 aromatic heterocycles. The van der Waals surface area contributed by atoms with E-state index in [9.17, 15) is 8.42 Å². The minimum absolute atomic E-state index is 0.194. The van der Waals surface area contributed by atoms with Gasteiger partial charge in [0, 0.05) is 17.5 Å². The van der Waals surface area contributed by atoms with Gasteiger partial charge in [0.2, 0.25) is 0 Å². The molecule has 1 aliphatic rings. The first-order valence-corrected chi connectivity index (χ1v) is 10.9. The second kappa shape index (κ2) is 6.24. The standard InChI is InChI=1S/C20H17O3S2/c1-25(21,22)23-17-11-12-20-16(14-17)13-15-7-5-6-10-19(15)24(20)18-8-3-2-4-9-18/h2-12,14H,13H2,1H3/q+1. The van der Waals surface area contributed by atoms with Crippen molar-refractivity contribution in [1.82, 2.24) is 0 Å². The van der Waals surface area contributed by atoms with Crippen LogP contribution in [0.2, 0.25) is 0 Å². The van der Waals surface area contributed by atoms with Gasteiger partial charge in [-0.3, -0.25) is 0 Å². The van der Waals surface area contributed by atoms with E-state index in [1.165, 1.54) is 20.2 Å². The van der Waals surface area contributed by atoms with E-state index in [1.54, 1.807) is 6.07 Å². The van der Waals surface area contributed by atoms with Gasteiger partial charge in [-0.25, -0.2) is 0 Å². The van der Waals surface area contributed by atoms with Crippen LogP contribution in [-0.2, 0) is 27.4 Å². The molecule has 3 nitrogen and oxygen atoms in total. The smallest absolute Gasteiger partial charge is 0.306 e. The van der Waals surface area contributed by atoms with Crippen LogP contribution in [0.4, 0.5) is 0 Å². The maximum atomic E-state index is 11.4. The highest BCUT2D eigenvalue weighted by Gasteiger charge is 2.37. The van der Waals surface area contributed by atoms with Crippen molar-refractivity contribution >= 4 is 21.0 Å². The number of benzene rings is 3. The Morgan fingerprint density at radius 3 is 2.28 bits per heavy atom. The van der Waals surface area contributed by atoms with E-state index < -0.39 is 10.1 Å². The minimum atomic E-state index is -3.53. The van der Waals surface area contributed by atoms with Gasteiger partial charge in [0.15, 0.2) is 14.7 Å². The predicted octanol–water partition coefficient (Wildman–Crippen LogP) is 4.02. The molecule has 1 aliphatic heterocycles. The first kappa shape index (κ1) is 16.2. The zero-order valence-corrected chi connectivity index (χ0v) is 15.3. The molecule has 4 rings (SSSR count). The molecule has 3 aromatic rings. The van der Waals surface area contributed by atoms with Crippen molar-refractivity contribution in [1.29, 1.82) is 0 Å². The molecular formula is C20H17O3S2+. The summed E-state index contributed by atoms with van der Waals surface area (Å²) in [4.78, 5) is 3.82. The average molecular weight is 369 g/mol. The molecule has 1 heterocycles. The largest absolute Gasteiger partial charge is 0.383 e. The topological polar surface area (TPSA) is 43.4 Å². The monoisotopic (exact) mass is 369 g/mol. The van der Waals surface area contributed by atoms with Gasteiger partial charge in [-0.1, -0.05) is 36.4 Å². The van der Waals surface area contributed by atoms with E-state index in [0.717, 1.165) is 18.2 Å². The number of hydrogen-bond acceptors (Lipinski definition) is 3. The predicted molar refractivity (Wildman–Crippen MR) is 99.8 cm³/mol. The number of hydrogen-bond donors (Lipinski definition) is 0. The van der Waals surface area contributed by atoms with Crippen LogP contribution in [0.25, 0.3) is 0 Å². The molecule has 0 saturated carbocycles. The second-order valence-corrected chi connectivity index (χ2v) is 9.50. The molecule has 1 atom stereocenters. The van der Waals surface area contributed by atoms with Crippen molar-refractivity contribution in [2.75, 3.05) is 6.26 Å². The summed E-state index contributed by atoms with van der Waals surface area (Å²) < 4.78 is 27.9. The molecule has 0 amide bonds. The van der Waals surface area contributed by atoms with Gasteiger partial charge >= 0.3 is 10.1 Å². The Labute approximate surface area is 150 Å². The lowest BCUT2D eigenvalue weighted by Crippen LogP contribution is -2.16. The van der Waals surface area contributed by atoms with Crippen LogP contribution in [0.3, 0.4) is 0 Å². The maximum absolute atomic E-state index is 11.4. The molecule has 5 heteroatoms. The van der Waals surface area contributed by atoms with Crippen LogP contribution >= 0.6 is 0 Å². The van der Waals surface area contributed by atoms with Crippen LogP contribution in [0, 0.1) is 0 Å². The van der Waals surface area contributed by atoms with E-state index in [1.807, 2.05) is 24.3 Å². The van der Waals surface area contributed by atoms with Gasteiger partial charge in [-0.15, -0.1) is 0 Å². The first-order chi connectivity index (χ1) is 12.0. The number of fused-ring (bicyclic) bond motifs is 2. The molecule has 0 saturated heterocycles. The molecule has 0 bridgehead atoms. The summed E-state index contributed by atoms with van der Waals surface area (Å²) in [6.45, 7) is 0. The zero-order valence-electron chi connectivity index (χ0n) is 13.7. The highest BCUT2D eigenvalue weighted by Crippen LogP contribution is 2.41. The summed E-state index contributed by atoms with van der Waals surface area (Å²) in [7, 11) is -3.72. The lowest BCUT2D eigenvalue weighted by atomic mass is 10.0. The SMILES string of the molecule is CS(=O)(=O)Oc1ccc2c(c1)Cc1ccccc1[S+]2c1ccccc1. The van der Waals surface area contributed by atoms with Crippen LogP contribution in [-0.4, -0.2) is 14.7 Å². The first-order valence-electron chi connectivity index (χ1n) is 7.91. The molecule has 0 spiro atoms. The fourth-order valence-electron chi connectivity index (χ4n) is 3.10. The third-order valence-electron chi connectivity index (χ3n) is 4.05. The van der Waals surface area contributed by atoms with Gasteiger partial charge in [-0.2, -0.15) is 8.42 Å². The van der Waals surface area contributed by atoms with E-state index >= 15 is 0 Å². The van der Waals surface area contributed by atoms with Crippen molar-refractivity contribution in [2.24, 2.45) is 0 Å². The van der Waals surface area contributed by atoms with Gasteiger partial charge < -0.3 is 4.18 Å². The number of rotatable bonds is 3. The Hall–Kier alpha value is -2.24. The summed E-state index contributed by atoms with van der Waals surface area (Å²) in [5.41, 5.74) is 2.39. The average Bonchev–Trinajstić information content (AvgIpc) is 2.59. The Balaban J connectivity index is 1.86. The highest BCUT2D eigenvalue weighted by atomic mass is 32.2. The highest BCUT2D eigenvalue weighted by molar-refractivity contribution is 7.97. The lowest BCUT2D eigenvalue weighted by Gasteiger charge is -2.20. The van der Waals surface area contributed by atoms with Gasteiger partial charge in [0.05, 0.1) is 17.2 Å². The van der Waals surface area contributed by atoms with Crippen molar-refractivity contribution in [3.8, 4) is 5.75 Å². The third-order valence-corrected chi connectivity index (χ3v) is 6.97. The summed E-state index contributed by atoms with van der Waals surface area (Å²) in [5, 5.41) is 0. The van der Waals surface area contributed by atoms with Crippen molar-refractivity contribution < 1.29 is 12.6 Å². The van der Waals surface area contributed by atoms with Crippen molar-refractivity contribution in [3.63, 3.8) is 0 Å². The molecule has 3 aromatic carbocycles.